The topological polar surface area (TPSA) is 43.4 Å². The maximum absolute atomic E-state index is 12.3. The summed E-state index contributed by atoms with van der Waals surface area (Å²) in [4.78, 5) is 24.6. The van der Waals surface area contributed by atoms with E-state index in [1.54, 1.807) is 0 Å². The molecule has 5 saturated carbocycles. The van der Waals surface area contributed by atoms with Gasteiger partial charge in [0.05, 0.1) is 12.2 Å². The Bertz CT molecular complexity index is 635. The van der Waals surface area contributed by atoms with Crippen LogP contribution in [0.15, 0.2) is 0 Å². The molecule has 7 heteroatoms. The summed E-state index contributed by atoms with van der Waals surface area (Å²) >= 11 is 25.9. The van der Waals surface area contributed by atoms with Gasteiger partial charge in [0.2, 0.25) is 0 Å². The zero-order chi connectivity index (χ0) is 16.8. The first-order chi connectivity index (χ1) is 11.2. The number of ketones is 2. The van der Waals surface area contributed by atoms with E-state index in [0.29, 0.717) is 24.7 Å². The van der Waals surface area contributed by atoms with E-state index in [9.17, 15) is 9.59 Å². The fourth-order valence-electron chi connectivity index (χ4n) is 7.71. The lowest BCUT2D eigenvalue weighted by molar-refractivity contribution is -0.119. The van der Waals surface area contributed by atoms with Crippen LogP contribution in [0.25, 0.3) is 0 Å². The van der Waals surface area contributed by atoms with E-state index in [2.05, 4.69) is 0 Å². The van der Waals surface area contributed by atoms with Gasteiger partial charge in [-0.3, -0.25) is 9.59 Å². The maximum atomic E-state index is 12.3. The van der Waals surface area contributed by atoms with Gasteiger partial charge in [-0.1, -0.05) is 46.4 Å². The zero-order valence-corrected chi connectivity index (χ0v) is 15.7. The van der Waals surface area contributed by atoms with Crippen LogP contribution in [0.4, 0.5) is 0 Å². The van der Waals surface area contributed by atoms with Gasteiger partial charge in [-0.05, 0) is 41.9 Å². The number of ether oxygens (including phenoxy) is 1. The van der Waals surface area contributed by atoms with Gasteiger partial charge >= 0.3 is 0 Å². The average molecular weight is 410 g/mol. The van der Waals surface area contributed by atoms with Crippen LogP contribution in [0.2, 0.25) is 0 Å². The monoisotopic (exact) mass is 408 g/mol. The van der Waals surface area contributed by atoms with Gasteiger partial charge in [0, 0.05) is 24.7 Å². The Balaban J connectivity index is 1.44. The molecular formula is C17H16Cl4O3. The lowest BCUT2D eigenvalue weighted by Gasteiger charge is -2.30. The van der Waals surface area contributed by atoms with E-state index >= 15 is 0 Å². The van der Waals surface area contributed by atoms with Gasteiger partial charge in [-0.15, -0.1) is 0 Å². The second-order valence-corrected chi connectivity index (χ2v) is 11.4. The van der Waals surface area contributed by atoms with E-state index < -0.39 is 8.67 Å². The molecule has 0 aromatic heterocycles. The van der Waals surface area contributed by atoms with E-state index in [4.69, 9.17) is 51.1 Å². The Morgan fingerprint density at radius 1 is 0.750 bits per heavy atom. The molecule has 1 aliphatic heterocycles. The number of Topliss-reactive ketones (excluding diaryl/α,β-unsaturated/α-hetero) is 2. The number of hydrogen-bond donors (Lipinski definition) is 0. The minimum atomic E-state index is -1.29. The normalized spacial score (nSPS) is 60.7. The minimum absolute atomic E-state index is 0.0366. The predicted molar refractivity (Wildman–Crippen MR) is 89.3 cm³/mol. The zero-order valence-electron chi connectivity index (χ0n) is 12.6. The summed E-state index contributed by atoms with van der Waals surface area (Å²) < 4.78 is 3.90. The van der Waals surface area contributed by atoms with Crippen LogP contribution < -0.4 is 0 Å². The summed E-state index contributed by atoms with van der Waals surface area (Å²) in [7, 11) is 0. The molecule has 0 N–H and O–H groups in total. The number of carbonyl (C=O) groups is 2. The summed E-state index contributed by atoms with van der Waals surface area (Å²) in [5.41, 5.74) is 0. The number of hydrogen-bond acceptors (Lipinski definition) is 3. The summed E-state index contributed by atoms with van der Waals surface area (Å²) in [5, 5.41) is 0. The largest absolute Gasteiger partial charge is 0.374 e. The van der Waals surface area contributed by atoms with Crippen LogP contribution in [0.5, 0.6) is 0 Å². The standard InChI is InChI=1S/C17H16Cl4O3/c18-16(19)8(22)2-6-12(16)4-1-5-11-10(4)14(6)24-15(11)7-3-9(23)17(20,21)13(5)7/h4-7,10-15H,1-3H2/t4?,5?,6?,7?,10-,11?,12?,13?,14?,15?/m0/s1. The number of alkyl halides is 4. The molecule has 0 aromatic carbocycles. The van der Waals surface area contributed by atoms with Crippen molar-refractivity contribution in [2.75, 3.05) is 0 Å². The maximum Gasteiger partial charge on any atom is 0.179 e. The Hall–Kier alpha value is 0.460. The van der Waals surface area contributed by atoms with Crippen molar-refractivity contribution >= 4 is 58.0 Å². The van der Waals surface area contributed by atoms with Crippen LogP contribution >= 0.6 is 46.4 Å². The highest BCUT2D eigenvalue weighted by atomic mass is 35.5. The fraction of sp³-hybridized carbons (Fsp3) is 0.882. The summed E-state index contributed by atoms with van der Waals surface area (Å²) in [5.74, 6) is 1.40. The van der Waals surface area contributed by atoms with E-state index in [1.807, 2.05) is 0 Å². The molecular weight excluding hydrogens is 394 g/mol. The van der Waals surface area contributed by atoms with E-state index in [1.165, 1.54) is 0 Å². The third-order valence-corrected chi connectivity index (χ3v) is 10.0. The first-order valence-electron chi connectivity index (χ1n) is 8.72. The molecule has 6 rings (SSSR count). The summed E-state index contributed by atoms with van der Waals surface area (Å²) in [6, 6.07) is 0. The Morgan fingerprint density at radius 3 is 1.58 bits per heavy atom. The molecule has 130 valence electrons. The summed E-state index contributed by atoms with van der Waals surface area (Å²) in [6.45, 7) is 0. The van der Waals surface area contributed by atoms with Crippen LogP contribution in [0.1, 0.15) is 19.3 Å². The van der Waals surface area contributed by atoms with Crippen LogP contribution in [0.3, 0.4) is 0 Å². The van der Waals surface area contributed by atoms with Crippen molar-refractivity contribution in [2.45, 2.75) is 40.1 Å². The fourth-order valence-corrected chi connectivity index (χ4v) is 9.31. The highest BCUT2D eigenvalue weighted by Crippen LogP contribution is 2.75. The number of carbonyl (C=O) groups excluding carboxylic acids is 2. The lowest BCUT2D eigenvalue weighted by atomic mass is 9.83. The van der Waals surface area contributed by atoms with Crippen molar-refractivity contribution in [3.8, 4) is 0 Å². The lowest BCUT2D eigenvalue weighted by Crippen LogP contribution is -2.35. The summed E-state index contributed by atoms with van der Waals surface area (Å²) in [6.07, 6.45) is 1.86. The molecule has 0 spiro atoms. The number of rotatable bonds is 0. The van der Waals surface area contributed by atoms with Crippen LogP contribution in [0, 0.1) is 47.3 Å². The van der Waals surface area contributed by atoms with Gasteiger partial charge in [-0.2, -0.15) is 0 Å². The van der Waals surface area contributed by atoms with Crippen LogP contribution in [-0.4, -0.2) is 32.4 Å². The average Bonchev–Trinajstić information content (AvgIpc) is 3.21. The third kappa shape index (κ3) is 1.45. The van der Waals surface area contributed by atoms with Crippen molar-refractivity contribution in [1.82, 2.24) is 0 Å². The molecule has 0 radical (unpaired) electrons. The Morgan fingerprint density at radius 2 is 1.17 bits per heavy atom. The SMILES string of the molecule is O=C1CC2C3OC4C5CC(=O)C(Cl)(Cl)C5C5CC(C3[C@H]54)C2C1(Cl)Cl. The smallest absolute Gasteiger partial charge is 0.179 e. The minimum Gasteiger partial charge on any atom is -0.374 e. The van der Waals surface area contributed by atoms with Crippen molar-refractivity contribution in [3.05, 3.63) is 0 Å². The Labute approximate surface area is 159 Å². The molecule has 9 unspecified atom stereocenters. The van der Waals surface area contributed by atoms with Gasteiger partial charge < -0.3 is 4.74 Å². The quantitative estimate of drug-likeness (QED) is 0.576. The second kappa shape index (κ2) is 4.30. The first-order valence-corrected chi connectivity index (χ1v) is 10.2. The third-order valence-electron chi connectivity index (χ3n) is 8.16. The number of halogens is 4. The molecule has 1 saturated heterocycles. The van der Waals surface area contributed by atoms with Gasteiger partial charge in [0.1, 0.15) is 0 Å². The Kier molecular flexibility index (Phi) is 2.78. The predicted octanol–water partition coefficient (Wildman–Crippen LogP) is 3.41. The van der Waals surface area contributed by atoms with Crippen molar-refractivity contribution in [1.29, 1.82) is 0 Å². The molecule has 0 amide bonds. The molecule has 0 bridgehead atoms. The van der Waals surface area contributed by atoms with E-state index in [0.717, 1.165) is 6.42 Å². The van der Waals surface area contributed by atoms with Gasteiger partial charge in [0.25, 0.3) is 0 Å². The molecule has 1 heterocycles. The highest BCUT2D eigenvalue weighted by Gasteiger charge is 2.78. The van der Waals surface area contributed by atoms with Crippen molar-refractivity contribution in [2.24, 2.45) is 47.3 Å². The highest BCUT2D eigenvalue weighted by molar-refractivity contribution is 6.59. The van der Waals surface area contributed by atoms with Gasteiger partial charge in [0.15, 0.2) is 20.2 Å². The van der Waals surface area contributed by atoms with Crippen molar-refractivity contribution < 1.29 is 14.3 Å². The van der Waals surface area contributed by atoms with Gasteiger partial charge in [-0.25, -0.2) is 0 Å². The second-order valence-electron chi connectivity index (χ2n) is 8.66. The molecule has 6 aliphatic rings. The molecule has 5 aliphatic carbocycles. The molecule has 6 fully saturated rings. The molecule has 10 atom stereocenters. The molecule has 24 heavy (non-hydrogen) atoms. The van der Waals surface area contributed by atoms with Crippen LogP contribution in [-0.2, 0) is 14.3 Å². The van der Waals surface area contributed by atoms with Crippen molar-refractivity contribution in [3.63, 3.8) is 0 Å². The van der Waals surface area contributed by atoms with E-state index in [-0.39, 0.29) is 59.3 Å². The molecule has 3 nitrogen and oxygen atoms in total. The number of fused-ring (bicyclic) bond motifs is 6. The molecule has 0 aromatic rings. The first kappa shape index (κ1) is 15.5.